The number of benzene rings is 2. The second-order valence-corrected chi connectivity index (χ2v) is 60.6. The Balaban J connectivity index is 2.21. The monoisotopic (exact) mass is 554 g/mol. The van der Waals surface area contributed by atoms with E-state index in [0.29, 0.717) is 11.3 Å². The van der Waals surface area contributed by atoms with Gasteiger partial charge in [-0.3, -0.25) is 4.79 Å². The van der Waals surface area contributed by atoms with Crippen LogP contribution in [0.2, 0.25) is 83.1 Å². The molecule has 0 aromatic heterocycles. The standard InChI is InChI=1S/C29H50OSi5/c1-31(2,3)35(32(4,5)6,33(7,8)9)26-22-27(29(30)24-18-14-12-15-19-24)28(23-26)34(10,11)25-20-16-13-17-21-25/h12-21,26-28H,22-23H2,1-11H3/t26-,27-,28-/m0/s1. The van der Waals surface area contributed by atoms with Gasteiger partial charge in [-0.1, -0.05) is 150 Å². The van der Waals surface area contributed by atoms with Gasteiger partial charge in [-0.2, -0.15) is 0 Å². The molecule has 1 nitrogen and oxygen atoms in total. The van der Waals surface area contributed by atoms with Crippen molar-refractivity contribution >= 4 is 48.4 Å². The van der Waals surface area contributed by atoms with Crippen LogP contribution in [-0.4, -0.2) is 43.3 Å². The van der Waals surface area contributed by atoms with Crippen molar-refractivity contribution in [3.8, 4) is 0 Å². The molecule has 1 aliphatic carbocycles. The summed E-state index contributed by atoms with van der Waals surface area (Å²) >= 11 is 0. The first-order chi connectivity index (χ1) is 16.0. The molecule has 0 spiro atoms. The molecule has 1 fully saturated rings. The largest absolute Gasteiger partial charge is 0.294 e. The Morgan fingerprint density at radius 2 is 1.06 bits per heavy atom. The number of carbonyl (C=O) groups excluding carboxylic acids is 1. The summed E-state index contributed by atoms with van der Waals surface area (Å²) in [5, 5.41) is 1.53. The summed E-state index contributed by atoms with van der Waals surface area (Å²) < 4.78 is 0. The first-order valence-electron chi connectivity index (χ1n) is 13.6. The molecule has 0 unspecified atom stereocenters. The lowest BCUT2D eigenvalue weighted by molar-refractivity contribution is 0.0922. The van der Waals surface area contributed by atoms with Crippen molar-refractivity contribution in [3.05, 3.63) is 66.2 Å². The lowest BCUT2D eigenvalue weighted by atomic mass is 9.96. The third-order valence-electron chi connectivity index (χ3n) is 9.56. The molecule has 3 rings (SSSR count). The van der Waals surface area contributed by atoms with Gasteiger partial charge in [-0.05, 0) is 12.0 Å². The molecular formula is C29H50OSi5. The molecule has 0 N–H and O–H groups in total. The van der Waals surface area contributed by atoms with Crippen molar-refractivity contribution in [3.63, 3.8) is 0 Å². The zero-order valence-corrected chi connectivity index (χ0v) is 29.3. The summed E-state index contributed by atoms with van der Waals surface area (Å²) in [5.41, 5.74) is 2.27. The number of rotatable bonds is 8. The predicted octanol–water partition coefficient (Wildman–Crippen LogP) is 8.33. The van der Waals surface area contributed by atoms with Gasteiger partial charge in [0.25, 0.3) is 0 Å². The molecule has 2 aromatic carbocycles. The molecule has 0 radical (unpaired) electrons. The summed E-state index contributed by atoms with van der Waals surface area (Å²) in [7, 11) is -6.11. The van der Waals surface area contributed by atoms with Gasteiger partial charge in [0.1, 0.15) is 0 Å². The Labute approximate surface area is 220 Å². The van der Waals surface area contributed by atoms with Crippen LogP contribution in [0.4, 0.5) is 0 Å². The second kappa shape index (κ2) is 9.82. The minimum atomic E-state index is -1.86. The Kier molecular flexibility index (Phi) is 8.07. The molecule has 0 aliphatic heterocycles. The van der Waals surface area contributed by atoms with Crippen LogP contribution in [0.1, 0.15) is 23.2 Å². The molecule has 35 heavy (non-hydrogen) atoms. The average Bonchev–Trinajstić information content (AvgIpc) is 3.17. The van der Waals surface area contributed by atoms with Gasteiger partial charge in [0.05, 0.1) is 8.07 Å². The molecule has 2 aromatic rings. The van der Waals surface area contributed by atoms with Crippen molar-refractivity contribution in [2.45, 2.75) is 95.9 Å². The number of Topliss-reactive ketones (excluding diaryl/α,β-unsaturated/α-hetero) is 1. The van der Waals surface area contributed by atoms with E-state index in [4.69, 9.17) is 0 Å². The van der Waals surface area contributed by atoms with E-state index >= 15 is 0 Å². The first-order valence-corrected chi connectivity index (χ1v) is 32.3. The highest BCUT2D eigenvalue weighted by molar-refractivity contribution is 7.89. The first kappa shape index (κ1) is 28.8. The highest BCUT2D eigenvalue weighted by Crippen LogP contribution is 2.59. The number of ketones is 1. The molecule has 0 heterocycles. The third-order valence-corrected chi connectivity index (χ3v) is 88.1. The fourth-order valence-corrected chi connectivity index (χ4v) is 119. The van der Waals surface area contributed by atoms with Gasteiger partial charge >= 0.3 is 0 Å². The van der Waals surface area contributed by atoms with Gasteiger partial charge in [-0.15, -0.1) is 0 Å². The van der Waals surface area contributed by atoms with E-state index in [1.807, 2.05) is 18.2 Å². The van der Waals surface area contributed by atoms with Crippen LogP contribution in [0.3, 0.4) is 0 Å². The van der Waals surface area contributed by atoms with E-state index in [1.54, 1.807) is 0 Å². The van der Waals surface area contributed by atoms with Crippen LogP contribution in [0.25, 0.3) is 0 Å². The number of hydrogen-bond donors (Lipinski definition) is 0. The fourth-order valence-electron chi connectivity index (χ4n) is 9.59. The van der Waals surface area contributed by atoms with Gasteiger partial charge < -0.3 is 0 Å². The molecule has 1 aliphatic rings. The normalized spacial score (nSPS) is 22.3. The van der Waals surface area contributed by atoms with Gasteiger partial charge in [0.2, 0.25) is 0 Å². The lowest BCUT2D eigenvalue weighted by Gasteiger charge is -2.61. The SMILES string of the molecule is C[Si](C)(c1ccccc1)[C@H]1C[C@@H]([Si]([Si](C)(C)C)([Si](C)(C)C)[Si](C)(C)C)C[C@@H]1C(=O)c1ccccc1. The molecule has 0 saturated heterocycles. The van der Waals surface area contributed by atoms with E-state index in [9.17, 15) is 4.79 Å². The zero-order valence-electron chi connectivity index (χ0n) is 24.3. The average molecular weight is 555 g/mol. The molecule has 6 heteroatoms. The zero-order chi connectivity index (χ0) is 26.4. The maximum absolute atomic E-state index is 14.2. The van der Waals surface area contributed by atoms with Crippen molar-refractivity contribution in [2.24, 2.45) is 5.92 Å². The van der Waals surface area contributed by atoms with Crippen LogP contribution in [0.5, 0.6) is 0 Å². The highest BCUT2D eigenvalue weighted by atomic mass is 29.9. The molecule has 1 saturated carbocycles. The minimum absolute atomic E-state index is 0.181. The summed E-state index contributed by atoms with van der Waals surface area (Å²) in [6.07, 6.45) is 2.47. The van der Waals surface area contributed by atoms with E-state index in [-0.39, 0.29) is 5.92 Å². The van der Waals surface area contributed by atoms with Crippen molar-refractivity contribution in [1.82, 2.24) is 0 Å². The fraction of sp³-hybridized carbons (Fsp3) is 0.552. The van der Waals surface area contributed by atoms with Gasteiger partial charge in [0, 0.05) is 40.9 Å². The number of hydrogen-bond acceptors (Lipinski definition) is 1. The summed E-state index contributed by atoms with van der Waals surface area (Å²) in [6, 6.07) is 21.5. The van der Waals surface area contributed by atoms with E-state index < -0.39 is 37.5 Å². The smallest absolute Gasteiger partial charge is 0.165 e. The van der Waals surface area contributed by atoms with E-state index in [1.165, 1.54) is 11.6 Å². The second-order valence-electron chi connectivity index (χ2n) is 14.8. The Morgan fingerprint density at radius 3 is 1.49 bits per heavy atom. The Morgan fingerprint density at radius 1 is 0.629 bits per heavy atom. The van der Waals surface area contributed by atoms with E-state index in [0.717, 1.165) is 17.5 Å². The predicted molar refractivity (Wildman–Crippen MR) is 170 cm³/mol. The molecule has 0 bridgehead atoms. The molecular weight excluding hydrogens is 505 g/mol. The van der Waals surface area contributed by atoms with Gasteiger partial charge in [0.15, 0.2) is 5.78 Å². The maximum Gasteiger partial charge on any atom is 0.165 e. The Hall–Kier alpha value is -0.806. The highest BCUT2D eigenvalue weighted by Gasteiger charge is 2.67. The maximum atomic E-state index is 14.2. The van der Waals surface area contributed by atoms with Crippen molar-refractivity contribution in [1.29, 1.82) is 0 Å². The Bertz CT molecular complexity index is 977. The number of carbonyl (C=O) groups is 1. The minimum Gasteiger partial charge on any atom is -0.294 e. The van der Waals surface area contributed by atoms with Crippen LogP contribution in [0.15, 0.2) is 60.7 Å². The van der Waals surface area contributed by atoms with Crippen LogP contribution < -0.4 is 5.19 Å². The van der Waals surface area contributed by atoms with Crippen molar-refractivity contribution in [2.75, 3.05) is 0 Å². The summed E-state index contributed by atoms with van der Waals surface area (Å²) in [5.74, 6) is 0.611. The topological polar surface area (TPSA) is 17.1 Å². The molecule has 0 amide bonds. The third kappa shape index (κ3) is 5.02. The molecule has 192 valence electrons. The summed E-state index contributed by atoms with van der Waals surface area (Å²) in [6.45, 7) is 28.0. The van der Waals surface area contributed by atoms with Crippen LogP contribution in [0, 0.1) is 5.92 Å². The van der Waals surface area contributed by atoms with Crippen LogP contribution >= 0.6 is 0 Å². The van der Waals surface area contributed by atoms with Crippen molar-refractivity contribution < 1.29 is 4.79 Å². The summed E-state index contributed by atoms with van der Waals surface area (Å²) in [4.78, 5) is 14.2. The van der Waals surface area contributed by atoms with Crippen LogP contribution in [-0.2, 0) is 0 Å². The lowest BCUT2D eigenvalue weighted by Crippen LogP contribution is -2.84. The van der Waals surface area contributed by atoms with Gasteiger partial charge in [-0.25, -0.2) is 0 Å². The van der Waals surface area contributed by atoms with E-state index in [2.05, 4.69) is 114 Å². The molecule has 3 atom stereocenters. The quantitative estimate of drug-likeness (QED) is 0.237.